The Morgan fingerprint density at radius 1 is 1.24 bits per heavy atom. The first kappa shape index (κ1) is 12.1. The molecule has 0 spiro atoms. The molecule has 2 nitrogen and oxygen atoms in total. The lowest BCUT2D eigenvalue weighted by Crippen LogP contribution is -2.39. The van der Waals surface area contributed by atoms with Gasteiger partial charge in [0.05, 0.1) is 11.4 Å². The molecule has 2 rings (SSSR count). The molecule has 0 unspecified atom stereocenters. The van der Waals surface area contributed by atoms with Crippen molar-refractivity contribution in [2.45, 2.75) is 20.8 Å². The Morgan fingerprint density at radius 3 is 2.53 bits per heavy atom. The topological polar surface area (TPSA) is 15.3 Å². The minimum Gasteiger partial charge on any atom is -0.382 e. The van der Waals surface area contributed by atoms with Crippen molar-refractivity contribution in [3.63, 3.8) is 0 Å². The van der Waals surface area contributed by atoms with Crippen LogP contribution in [0.3, 0.4) is 0 Å². The monoisotopic (exact) mass is 240 g/mol. The Balaban J connectivity index is 2.34. The summed E-state index contributed by atoms with van der Waals surface area (Å²) in [5.74, 6) is -1.58. The molecule has 4 heteroatoms. The van der Waals surface area contributed by atoms with E-state index < -0.39 is 11.6 Å². The molecule has 1 aromatic rings. The zero-order chi connectivity index (χ0) is 12.6. The fraction of sp³-hybridized carbons (Fsp3) is 0.538. The number of fused-ring (bicyclic) bond motifs is 1. The molecule has 0 fully saturated rings. The van der Waals surface area contributed by atoms with Crippen LogP contribution in [0.25, 0.3) is 0 Å². The fourth-order valence-corrected chi connectivity index (χ4v) is 2.12. The molecule has 1 heterocycles. The van der Waals surface area contributed by atoms with Gasteiger partial charge in [-0.3, -0.25) is 0 Å². The highest BCUT2D eigenvalue weighted by atomic mass is 19.2. The molecular weight excluding hydrogens is 222 g/mol. The number of anilines is 2. The number of nitrogens with one attached hydrogen (secondary N) is 1. The standard InChI is InChI=1S/C13H18F2N2/c1-13(2,3)8-17-5-4-16-11-6-9(14)10(15)7-12(11)17/h6-7,16H,4-5,8H2,1-3H3. The molecule has 0 atom stereocenters. The van der Waals surface area contributed by atoms with Crippen LogP contribution in [0, 0.1) is 17.0 Å². The van der Waals surface area contributed by atoms with Crippen LogP contribution in [0.2, 0.25) is 0 Å². The van der Waals surface area contributed by atoms with Gasteiger partial charge in [-0.2, -0.15) is 0 Å². The molecule has 1 aromatic carbocycles. The highest BCUT2D eigenvalue weighted by Crippen LogP contribution is 2.33. The van der Waals surface area contributed by atoms with Crippen molar-refractivity contribution >= 4 is 11.4 Å². The predicted molar refractivity (Wildman–Crippen MR) is 66.5 cm³/mol. The largest absolute Gasteiger partial charge is 0.382 e. The van der Waals surface area contributed by atoms with E-state index in [1.165, 1.54) is 12.1 Å². The SMILES string of the molecule is CC(C)(C)CN1CCNc2cc(F)c(F)cc21. The van der Waals surface area contributed by atoms with Crippen LogP contribution in [-0.4, -0.2) is 19.6 Å². The Bertz CT molecular complexity index is 424. The Hall–Kier alpha value is -1.32. The summed E-state index contributed by atoms with van der Waals surface area (Å²) in [6, 6.07) is 2.52. The number of hydrogen-bond donors (Lipinski definition) is 1. The number of nitrogens with zero attached hydrogens (tertiary/aromatic N) is 1. The fourth-order valence-electron chi connectivity index (χ4n) is 2.12. The van der Waals surface area contributed by atoms with Crippen molar-refractivity contribution in [3.8, 4) is 0 Å². The van der Waals surface area contributed by atoms with E-state index in [1.54, 1.807) is 0 Å². The summed E-state index contributed by atoms with van der Waals surface area (Å²) in [5.41, 5.74) is 1.56. The van der Waals surface area contributed by atoms with E-state index in [9.17, 15) is 8.78 Å². The third kappa shape index (κ3) is 2.68. The highest BCUT2D eigenvalue weighted by molar-refractivity contribution is 5.72. The van der Waals surface area contributed by atoms with Gasteiger partial charge in [-0.25, -0.2) is 8.78 Å². The average Bonchev–Trinajstić information content (AvgIpc) is 2.19. The molecule has 1 aliphatic rings. The summed E-state index contributed by atoms with van der Waals surface area (Å²) in [6.45, 7) is 8.80. The van der Waals surface area contributed by atoms with Crippen molar-refractivity contribution in [2.24, 2.45) is 5.41 Å². The van der Waals surface area contributed by atoms with Crippen LogP contribution in [0.5, 0.6) is 0 Å². The molecule has 0 aliphatic carbocycles. The minimum atomic E-state index is -0.797. The number of rotatable bonds is 1. The van der Waals surface area contributed by atoms with Gasteiger partial charge in [0.15, 0.2) is 11.6 Å². The highest BCUT2D eigenvalue weighted by Gasteiger charge is 2.23. The van der Waals surface area contributed by atoms with Gasteiger partial charge < -0.3 is 10.2 Å². The van der Waals surface area contributed by atoms with Gasteiger partial charge in [-0.05, 0) is 5.41 Å². The Kier molecular flexibility index (Phi) is 2.98. The molecule has 0 saturated heterocycles. The summed E-state index contributed by atoms with van der Waals surface area (Å²) in [7, 11) is 0. The van der Waals surface area contributed by atoms with Crippen molar-refractivity contribution in [3.05, 3.63) is 23.8 Å². The van der Waals surface area contributed by atoms with E-state index >= 15 is 0 Å². The lowest BCUT2D eigenvalue weighted by Gasteiger charge is -2.36. The van der Waals surface area contributed by atoms with Gasteiger partial charge >= 0.3 is 0 Å². The molecule has 0 amide bonds. The first-order valence-electron chi connectivity index (χ1n) is 5.85. The maximum Gasteiger partial charge on any atom is 0.161 e. The summed E-state index contributed by atoms with van der Waals surface area (Å²) >= 11 is 0. The van der Waals surface area contributed by atoms with E-state index in [1.807, 2.05) is 0 Å². The van der Waals surface area contributed by atoms with Crippen LogP contribution >= 0.6 is 0 Å². The molecule has 1 aliphatic heterocycles. The van der Waals surface area contributed by atoms with E-state index in [2.05, 4.69) is 31.0 Å². The minimum absolute atomic E-state index is 0.124. The van der Waals surface area contributed by atoms with Crippen LogP contribution in [0.15, 0.2) is 12.1 Å². The maximum atomic E-state index is 13.3. The van der Waals surface area contributed by atoms with Crippen LogP contribution in [0.4, 0.5) is 20.2 Å². The second-order valence-electron chi connectivity index (χ2n) is 5.69. The van der Waals surface area contributed by atoms with E-state index in [-0.39, 0.29) is 5.41 Å². The first-order valence-corrected chi connectivity index (χ1v) is 5.85. The van der Waals surface area contributed by atoms with Gasteiger partial charge in [-0.1, -0.05) is 20.8 Å². The van der Waals surface area contributed by atoms with Crippen molar-refractivity contribution in [1.82, 2.24) is 0 Å². The van der Waals surface area contributed by atoms with Crippen molar-refractivity contribution < 1.29 is 8.78 Å². The second kappa shape index (κ2) is 4.17. The van der Waals surface area contributed by atoms with E-state index in [4.69, 9.17) is 0 Å². The average molecular weight is 240 g/mol. The molecule has 0 radical (unpaired) electrons. The van der Waals surface area contributed by atoms with E-state index in [0.717, 1.165) is 25.3 Å². The number of benzene rings is 1. The zero-order valence-corrected chi connectivity index (χ0v) is 10.5. The quantitative estimate of drug-likeness (QED) is 0.810. The van der Waals surface area contributed by atoms with Crippen LogP contribution in [-0.2, 0) is 0 Å². The van der Waals surface area contributed by atoms with E-state index in [0.29, 0.717) is 5.69 Å². The molecule has 1 N–H and O–H groups in total. The predicted octanol–water partition coefficient (Wildman–Crippen LogP) is 3.24. The lowest BCUT2D eigenvalue weighted by molar-refractivity contribution is 0.409. The van der Waals surface area contributed by atoms with Crippen molar-refractivity contribution in [2.75, 3.05) is 29.9 Å². The van der Waals surface area contributed by atoms with Gasteiger partial charge in [0, 0.05) is 31.8 Å². The Labute approximate surface area is 101 Å². The summed E-state index contributed by atoms with van der Waals surface area (Å²) in [4.78, 5) is 2.11. The molecule has 0 bridgehead atoms. The van der Waals surface area contributed by atoms with Crippen LogP contribution < -0.4 is 10.2 Å². The summed E-state index contributed by atoms with van der Waals surface area (Å²) in [5, 5.41) is 3.10. The first-order chi connectivity index (χ1) is 7.87. The van der Waals surface area contributed by atoms with Crippen molar-refractivity contribution in [1.29, 1.82) is 0 Å². The normalized spacial score (nSPS) is 15.5. The van der Waals surface area contributed by atoms with Gasteiger partial charge in [0.2, 0.25) is 0 Å². The molecule has 0 saturated carbocycles. The third-order valence-corrected chi connectivity index (χ3v) is 2.74. The molecule has 0 aromatic heterocycles. The van der Waals surface area contributed by atoms with Gasteiger partial charge in [-0.15, -0.1) is 0 Å². The van der Waals surface area contributed by atoms with Gasteiger partial charge in [0.1, 0.15) is 0 Å². The second-order valence-corrected chi connectivity index (χ2v) is 5.69. The smallest absolute Gasteiger partial charge is 0.161 e. The number of halogens is 2. The number of hydrogen-bond acceptors (Lipinski definition) is 2. The lowest BCUT2D eigenvalue weighted by atomic mass is 9.95. The Morgan fingerprint density at radius 2 is 1.88 bits per heavy atom. The molecule has 94 valence electrons. The maximum absolute atomic E-state index is 13.3. The summed E-state index contributed by atoms with van der Waals surface area (Å²) in [6.07, 6.45) is 0. The molecule has 17 heavy (non-hydrogen) atoms. The van der Waals surface area contributed by atoms with Crippen LogP contribution in [0.1, 0.15) is 20.8 Å². The third-order valence-electron chi connectivity index (χ3n) is 2.74. The van der Waals surface area contributed by atoms with Gasteiger partial charge in [0.25, 0.3) is 0 Å². The summed E-state index contributed by atoms with van der Waals surface area (Å²) < 4.78 is 26.4. The zero-order valence-electron chi connectivity index (χ0n) is 10.5. The molecular formula is C13H18F2N2.